The summed E-state index contributed by atoms with van der Waals surface area (Å²) >= 11 is 0. The molecular formula is C23H18FN3O2. The minimum absolute atomic E-state index is 0.0346. The zero-order chi connectivity index (χ0) is 20.6. The SMILES string of the molecule is CC=CCCc1cnc(-c2ccc(C(=O)Oc3ccc(C#N)c(F)c3)cc2)nc1. The molecule has 0 N–H and O–H groups in total. The van der Waals surface area contributed by atoms with Crippen LogP contribution in [0.4, 0.5) is 4.39 Å². The van der Waals surface area contributed by atoms with Crippen molar-refractivity contribution in [3.8, 4) is 23.2 Å². The number of halogens is 1. The number of rotatable bonds is 6. The highest BCUT2D eigenvalue weighted by Gasteiger charge is 2.11. The Morgan fingerprint density at radius 3 is 2.52 bits per heavy atom. The largest absolute Gasteiger partial charge is 0.423 e. The molecule has 6 heteroatoms. The third kappa shape index (κ3) is 5.11. The number of hydrogen-bond donors (Lipinski definition) is 0. The lowest BCUT2D eigenvalue weighted by molar-refractivity contribution is 0.0734. The molecule has 1 heterocycles. The number of aromatic nitrogens is 2. The molecule has 29 heavy (non-hydrogen) atoms. The molecule has 2 aromatic carbocycles. The van der Waals surface area contributed by atoms with Crippen LogP contribution >= 0.6 is 0 Å². The number of carbonyl (C=O) groups is 1. The van der Waals surface area contributed by atoms with Crippen molar-refractivity contribution in [3.63, 3.8) is 0 Å². The maximum atomic E-state index is 13.6. The topological polar surface area (TPSA) is 75.9 Å². The maximum absolute atomic E-state index is 13.6. The van der Waals surface area contributed by atoms with Gasteiger partial charge in [-0.1, -0.05) is 24.3 Å². The van der Waals surface area contributed by atoms with Gasteiger partial charge in [-0.15, -0.1) is 0 Å². The smallest absolute Gasteiger partial charge is 0.343 e. The Labute approximate surface area is 168 Å². The summed E-state index contributed by atoms with van der Waals surface area (Å²) in [4.78, 5) is 21.0. The van der Waals surface area contributed by atoms with Crippen molar-refractivity contribution >= 4 is 5.97 Å². The summed E-state index contributed by atoms with van der Waals surface area (Å²) in [5.41, 5.74) is 2.02. The predicted molar refractivity (Wildman–Crippen MR) is 107 cm³/mol. The first kappa shape index (κ1) is 19.9. The molecule has 0 spiro atoms. The second kappa shape index (κ2) is 9.38. The first-order chi connectivity index (χ1) is 14.1. The van der Waals surface area contributed by atoms with Crippen molar-refractivity contribution in [1.29, 1.82) is 5.26 Å². The van der Waals surface area contributed by atoms with Crippen LogP contribution in [-0.2, 0) is 6.42 Å². The van der Waals surface area contributed by atoms with E-state index in [-0.39, 0.29) is 11.3 Å². The van der Waals surface area contributed by atoms with Crippen LogP contribution in [0, 0.1) is 17.1 Å². The van der Waals surface area contributed by atoms with Crippen molar-refractivity contribution in [2.75, 3.05) is 0 Å². The minimum Gasteiger partial charge on any atom is -0.423 e. The number of aryl methyl sites for hydroxylation is 1. The summed E-state index contributed by atoms with van der Waals surface area (Å²) in [5.74, 6) is -0.762. The number of esters is 1. The lowest BCUT2D eigenvalue weighted by Gasteiger charge is -2.06. The third-order valence-corrected chi connectivity index (χ3v) is 4.19. The summed E-state index contributed by atoms with van der Waals surface area (Å²) in [6.07, 6.45) is 9.53. The molecule has 0 atom stereocenters. The van der Waals surface area contributed by atoms with Crippen LogP contribution in [0.3, 0.4) is 0 Å². The number of ether oxygens (including phenoxy) is 1. The molecule has 0 fully saturated rings. The van der Waals surface area contributed by atoms with Gasteiger partial charge in [0, 0.05) is 24.0 Å². The molecule has 0 aliphatic carbocycles. The molecule has 0 aliphatic rings. The van der Waals surface area contributed by atoms with Crippen molar-refractivity contribution in [2.24, 2.45) is 0 Å². The van der Waals surface area contributed by atoms with Crippen LogP contribution in [0.1, 0.15) is 34.8 Å². The van der Waals surface area contributed by atoms with Gasteiger partial charge in [-0.25, -0.2) is 19.2 Å². The highest BCUT2D eigenvalue weighted by molar-refractivity contribution is 5.91. The van der Waals surface area contributed by atoms with Gasteiger partial charge in [-0.05, 0) is 49.6 Å². The third-order valence-electron chi connectivity index (χ3n) is 4.19. The summed E-state index contributed by atoms with van der Waals surface area (Å²) in [7, 11) is 0. The van der Waals surface area contributed by atoms with Crippen LogP contribution < -0.4 is 4.74 Å². The lowest BCUT2D eigenvalue weighted by atomic mass is 10.1. The van der Waals surface area contributed by atoms with Crippen LogP contribution in [0.25, 0.3) is 11.4 Å². The van der Waals surface area contributed by atoms with E-state index in [0.717, 1.165) is 30.0 Å². The molecule has 0 radical (unpaired) electrons. The van der Waals surface area contributed by atoms with Gasteiger partial charge in [0.05, 0.1) is 11.1 Å². The van der Waals surface area contributed by atoms with Gasteiger partial charge in [-0.3, -0.25) is 0 Å². The average molecular weight is 387 g/mol. The van der Waals surface area contributed by atoms with Gasteiger partial charge in [0.15, 0.2) is 5.82 Å². The van der Waals surface area contributed by atoms with Gasteiger partial charge in [-0.2, -0.15) is 5.26 Å². The molecular weight excluding hydrogens is 369 g/mol. The van der Waals surface area contributed by atoms with Crippen molar-refractivity contribution in [3.05, 3.63) is 89.5 Å². The van der Waals surface area contributed by atoms with E-state index in [2.05, 4.69) is 16.0 Å². The number of benzene rings is 2. The molecule has 1 aromatic heterocycles. The molecule has 3 rings (SSSR count). The van der Waals surface area contributed by atoms with E-state index >= 15 is 0 Å². The molecule has 0 saturated carbocycles. The van der Waals surface area contributed by atoms with E-state index in [1.54, 1.807) is 42.7 Å². The van der Waals surface area contributed by atoms with Crippen molar-refractivity contribution in [2.45, 2.75) is 19.8 Å². The Hall–Kier alpha value is -3.85. The van der Waals surface area contributed by atoms with Crippen LogP contribution in [0.5, 0.6) is 5.75 Å². The second-order valence-electron chi connectivity index (χ2n) is 6.24. The Bertz CT molecular complexity index is 1070. The van der Waals surface area contributed by atoms with E-state index in [1.165, 1.54) is 12.1 Å². The highest BCUT2D eigenvalue weighted by atomic mass is 19.1. The van der Waals surface area contributed by atoms with Gasteiger partial charge >= 0.3 is 5.97 Å². The summed E-state index contributed by atoms with van der Waals surface area (Å²) in [6, 6.07) is 12.0. The fraction of sp³-hybridized carbons (Fsp3) is 0.130. The summed E-state index contributed by atoms with van der Waals surface area (Å²) in [6.45, 7) is 1.99. The molecule has 3 aromatic rings. The quantitative estimate of drug-likeness (QED) is 0.342. The summed E-state index contributed by atoms with van der Waals surface area (Å²) in [5, 5.41) is 8.74. The number of nitriles is 1. The number of hydrogen-bond acceptors (Lipinski definition) is 5. The predicted octanol–water partition coefficient (Wildman–Crippen LogP) is 4.88. The first-order valence-corrected chi connectivity index (χ1v) is 9.05. The standard InChI is InChI=1S/C23H18FN3O2/c1-2-3-4-5-16-14-26-22(27-15-16)17-6-8-18(9-7-17)23(28)29-20-11-10-19(13-25)21(24)12-20/h2-3,6-12,14-15H,4-5H2,1H3. The Morgan fingerprint density at radius 2 is 1.90 bits per heavy atom. The number of allylic oxidation sites excluding steroid dienone is 2. The normalized spacial score (nSPS) is 10.7. The first-order valence-electron chi connectivity index (χ1n) is 9.05. The van der Waals surface area contributed by atoms with Gasteiger partial charge in [0.25, 0.3) is 0 Å². The summed E-state index contributed by atoms with van der Waals surface area (Å²) < 4.78 is 18.8. The van der Waals surface area contributed by atoms with Crippen molar-refractivity contribution < 1.29 is 13.9 Å². The number of nitrogens with zero attached hydrogens (tertiary/aromatic N) is 3. The van der Waals surface area contributed by atoms with E-state index < -0.39 is 11.8 Å². The molecule has 0 saturated heterocycles. The molecule has 5 nitrogen and oxygen atoms in total. The van der Waals surface area contributed by atoms with E-state index in [4.69, 9.17) is 10.00 Å². The molecule has 0 unspecified atom stereocenters. The lowest BCUT2D eigenvalue weighted by Crippen LogP contribution is -2.08. The zero-order valence-electron chi connectivity index (χ0n) is 15.8. The molecule has 0 amide bonds. The fourth-order valence-electron chi connectivity index (χ4n) is 2.62. The minimum atomic E-state index is -0.737. The van der Waals surface area contributed by atoms with E-state index in [0.29, 0.717) is 11.4 Å². The number of carbonyl (C=O) groups excluding carboxylic acids is 1. The highest BCUT2D eigenvalue weighted by Crippen LogP contribution is 2.19. The van der Waals surface area contributed by atoms with Crippen molar-refractivity contribution in [1.82, 2.24) is 9.97 Å². The molecule has 144 valence electrons. The van der Waals surface area contributed by atoms with Crippen LogP contribution in [0.2, 0.25) is 0 Å². The van der Waals surface area contributed by atoms with E-state index in [1.807, 2.05) is 13.0 Å². The Morgan fingerprint density at radius 1 is 1.17 bits per heavy atom. The monoisotopic (exact) mass is 387 g/mol. The second-order valence-corrected chi connectivity index (χ2v) is 6.24. The van der Waals surface area contributed by atoms with Gasteiger partial charge < -0.3 is 4.74 Å². The Balaban J connectivity index is 1.67. The molecule has 0 bridgehead atoms. The van der Waals surface area contributed by atoms with E-state index in [9.17, 15) is 9.18 Å². The fourth-order valence-corrected chi connectivity index (χ4v) is 2.62. The average Bonchev–Trinajstić information content (AvgIpc) is 2.75. The van der Waals surface area contributed by atoms with Crippen LogP contribution in [-0.4, -0.2) is 15.9 Å². The Kier molecular flexibility index (Phi) is 6.43. The van der Waals surface area contributed by atoms with Crippen LogP contribution in [0.15, 0.2) is 67.0 Å². The zero-order valence-corrected chi connectivity index (χ0v) is 15.8. The molecule has 0 aliphatic heterocycles. The van der Waals surface area contributed by atoms with Gasteiger partial charge in [0.2, 0.25) is 0 Å². The van der Waals surface area contributed by atoms with Gasteiger partial charge in [0.1, 0.15) is 17.6 Å². The maximum Gasteiger partial charge on any atom is 0.343 e.